The number of rotatable bonds is 2. The molecule has 1 rings (SSSR count). The van der Waals surface area contributed by atoms with E-state index in [1.165, 1.54) is 6.92 Å². The Labute approximate surface area is 82.8 Å². The molecule has 82 valence electrons. The Morgan fingerprint density at radius 1 is 1.47 bits per heavy atom. The zero-order chi connectivity index (χ0) is 11.6. The van der Waals surface area contributed by atoms with Crippen LogP contribution in [0.25, 0.3) is 0 Å². The van der Waals surface area contributed by atoms with Crippen molar-refractivity contribution in [3.63, 3.8) is 0 Å². The molecule has 0 aliphatic heterocycles. The van der Waals surface area contributed by atoms with E-state index in [9.17, 15) is 18.0 Å². The molecule has 0 aliphatic carbocycles. The van der Waals surface area contributed by atoms with Gasteiger partial charge in [-0.25, -0.2) is 9.97 Å². The van der Waals surface area contributed by atoms with Crippen LogP contribution in [0.3, 0.4) is 0 Å². The normalized spacial score (nSPS) is 13.6. The number of nitrogens with zero attached hydrogens (tertiary/aromatic N) is 2. The smallest absolute Gasteiger partial charge is 0.433 e. The summed E-state index contributed by atoms with van der Waals surface area (Å²) in [6, 6.07) is 0.638. The van der Waals surface area contributed by atoms with Crippen molar-refractivity contribution in [2.75, 3.05) is 0 Å². The summed E-state index contributed by atoms with van der Waals surface area (Å²) in [4.78, 5) is 17.0. The molecule has 4 nitrogen and oxygen atoms in total. The Bertz CT molecular complexity index is 378. The fourth-order valence-corrected chi connectivity index (χ4v) is 0.891. The summed E-state index contributed by atoms with van der Waals surface area (Å²) >= 11 is 0. The maximum Gasteiger partial charge on any atom is 0.433 e. The van der Waals surface area contributed by atoms with Gasteiger partial charge in [0.15, 0.2) is 0 Å². The van der Waals surface area contributed by atoms with E-state index < -0.39 is 23.8 Å². The largest absolute Gasteiger partial charge is 0.481 e. The quantitative estimate of drug-likeness (QED) is 0.823. The third-order valence-corrected chi connectivity index (χ3v) is 1.79. The van der Waals surface area contributed by atoms with E-state index in [0.29, 0.717) is 12.4 Å². The molecule has 1 atom stereocenters. The highest BCUT2D eigenvalue weighted by atomic mass is 19.4. The van der Waals surface area contributed by atoms with Gasteiger partial charge in [0.05, 0.1) is 11.6 Å². The number of carboxylic acid groups (broad SMARTS) is 1. The van der Waals surface area contributed by atoms with Crippen LogP contribution in [0.2, 0.25) is 0 Å². The minimum absolute atomic E-state index is 0.162. The van der Waals surface area contributed by atoms with Gasteiger partial charge >= 0.3 is 12.1 Å². The number of halogens is 3. The first-order chi connectivity index (χ1) is 6.82. The molecule has 1 N–H and O–H groups in total. The molecule has 7 heteroatoms. The molecule has 1 aromatic heterocycles. The molecule has 1 heterocycles. The average molecular weight is 220 g/mol. The third-order valence-electron chi connectivity index (χ3n) is 1.79. The number of carbonyl (C=O) groups is 1. The Kier molecular flexibility index (Phi) is 2.92. The van der Waals surface area contributed by atoms with Crippen molar-refractivity contribution < 1.29 is 23.1 Å². The molecule has 0 aromatic carbocycles. The van der Waals surface area contributed by atoms with Crippen LogP contribution in [0.1, 0.15) is 24.2 Å². The zero-order valence-electron chi connectivity index (χ0n) is 7.62. The van der Waals surface area contributed by atoms with Gasteiger partial charge < -0.3 is 5.11 Å². The number of hydrogen-bond acceptors (Lipinski definition) is 3. The van der Waals surface area contributed by atoms with Gasteiger partial charge in [-0.1, -0.05) is 0 Å². The van der Waals surface area contributed by atoms with Gasteiger partial charge in [-0.15, -0.1) is 0 Å². The highest BCUT2D eigenvalue weighted by Gasteiger charge is 2.33. The van der Waals surface area contributed by atoms with Crippen LogP contribution < -0.4 is 0 Å². The predicted molar refractivity (Wildman–Crippen MR) is 43.1 cm³/mol. The van der Waals surface area contributed by atoms with Crippen LogP contribution in [0.15, 0.2) is 12.4 Å². The van der Waals surface area contributed by atoms with E-state index in [0.717, 1.165) is 0 Å². The Morgan fingerprint density at radius 3 is 2.53 bits per heavy atom. The minimum Gasteiger partial charge on any atom is -0.481 e. The first-order valence-electron chi connectivity index (χ1n) is 3.94. The maximum absolute atomic E-state index is 12.2. The monoisotopic (exact) mass is 220 g/mol. The van der Waals surface area contributed by atoms with E-state index in [2.05, 4.69) is 9.97 Å². The van der Waals surface area contributed by atoms with E-state index in [-0.39, 0.29) is 5.69 Å². The lowest BCUT2D eigenvalue weighted by atomic mass is 10.1. The van der Waals surface area contributed by atoms with Crippen molar-refractivity contribution in [1.82, 2.24) is 9.97 Å². The fraction of sp³-hybridized carbons (Fsp3) is 0.375. The summed E-state index contributed by atoms with van der Waals surface area (Å²) < 4.78 is 36.6. The van der Waals surface area contributed by atoms with Crippen molar-refractivity contribution >= 4 is 5.97 Å². The second kappa shape index (κ2) is 3.84. The lowest BCUT2D eigenvalue weighted by Gasteiger charge is -2.08. The standard InChI is InChI=1S/C8H7F3N2O2/c1-4(7(14)15)5-2-6(8(9,10)11)13-3-12-5/h2-4H,1H3,(H,14,15). The van der Waals surface area contributed by atoms with E-state index >= 15 is 0 Å². The lowest BCUT2D eigenvalue weighted by Crippen LogP contribution is -2.13. The van der Waals surface area contributed by atoms with E-state index in [1.807, 2.05) is 0 Å². The van der Waals surface area contributed by atoms with Gasteiger partial charge in [0.1, 0.15) is 12.0 Å². The molecule has 1 unspecified atom stereocenters. The van der Waals surface area contributed by atoms with Gasteiger partial charge in [-0.2, -0.15) is 13.2 Å². The summed E-state index contributed by atoms with van der Waals surface area (Å²) in [5.41, 5.74) is -1.30. The van der Waals surface area contributed by atoms with Crippen LogP contribution in [0.5, 0.6) is 0 Å². The average Bonchev–Trinajstić information content (AvgIpc) is 2.15. The molecule has 0 amide bonds. The first-order valence-corrected chi connectivity index (χ1v) is 3.94. The Morgan fingerprint density at radius 2 is 2.07 bits per heavy atom. The highest BCUT2D eigenvalue weighted by molar-refractivity contribution is 5.74. The summed E-state index contributed by atoms with van der Waals surface area (Å²) in [5, 5.41) is 8.59. The van der Waals surface area contributed by atoms with Crippen LogP contribution >= 0.6 is 0 Å². The second-order valence-corrected chi connectivity index (χ2v) is 2.89. The van der Waals surface area contributed by atoms with Crippen molar-refractivity contribution in [3.05, 3.63) is 23.8 Å². The Hall–Kier alpha value is -1.66. The summed E-state index contributed by atoms with van der Waals surface area (Å²) in [6.45, 7) is 1.25. The van der Waals surface area contributed by atoms with Gasteiger partial charge in [0.2, 0.25) is 0 Å². The second-order valence-electron chi connectivity index (χ2n) is 2.89. The Balaban J connectivity index is 3.08. The van der Waals surface area contributed by atoms with Crippen molar-refractivity contribution in [3.8, 4) is 0 Å². The predicted octanol–water partition coefficient (Wildman–Crippen LogP) is 1.68. The molecule has 0 saturated heterocycles. The van der Waals surface area contributed by atoms with Crippen LogP contribution in [-0.4, -0.2) is 21.0 Å². The van der Waals surface area contributed by atoms with Crippen LogP contribution in [0, 0.1) is 0 Å². The number of aliphatic carboxylic acids is 1. The molecule has 0 saturated carbocycles. The van der Waals surface area contributed by atoms with Crippen molar-refractivity contribution in [2.45, 2.75) is 19.0 Å². The maximum atomic E-state index is 12.2. The molecular weight excluding hydrogens is 213 g/mol. The molecule has 0 radical (unpaired) electrons. The first kappa shape index (κ1) is 11.4. The molecule has 0 fully saturated rings. The van der Waals surface area contributed by atoms with Gasteiger partial charge in [-0.05, 0) is 13.0 Å². The fourth-order valence-electron chi connectivity index (χ4n) is 0.891. The summed E-state index contributed by atoms with van der Waals surface area (Å²) in [7, 11) is 0. The number of aromatic nitrogens is 2. The lowest BCUT2D eigenvalue weighted by molar-refractivity contribution is -0.142. The summed E-state index contributed by atoms with van der Waals surface area (Å²) in [5.74, 6) is -2.32. The third kappa shape index (κ3) is 2.64. The van der Waals surface area contributed by atoms with Crippen molar-refractivity contribution in [1.29, 1.82) is 0 Å². The molecule has 0 spiro atoms. The molecule has 0 bridgehead atoms. The van der Waals surface area contributed by atoms with Crippen LogP contribution in [0.4, 0.5) is 13.2 Å². The minimum atomic E-state index is -4.59. The molecule has 0 aliphatic rings. The van der Waals surface area contributed by atoms with Gasteiger partial charge in [0, 0.05) is 0 Å². The topological polar surface area (TPSA) is 63.1 Å². The molecular formula is C8H7F3N2O2. The van der Waals surface area contributed by atoms with Crippen LogP contribution in [-0.2, 0) is 11.0 Å². The van der Waals surface area contributed by atoms with E-state index in [4.69, 9.17) is 5.11 Å². The number of carboxylic acids is 1. The van der Waals surface area contributed by atoms with Crippen molar-refractivity contribution in [2.24, 2.45) is 0 Å². The zero-order valence-corrected chi connectivity index (χ0v) is 7.62. The van der Waals surface area contributed by atoms with Gasteiger partial charge in [0.25, 0.3) is 0 Å². The SMILES string of the molecule is CC(C(=O)O)c1cc(C(F)(F)F)ncn1. The number of alkyl halides is 3. The molecule has 1 aromatic rings. The number of hydrogen-bond donors (Lipinski definition) is 1. The molecule has 15 heavy (non-hydrogen) atoms. The van der Waals surface area contributed by atoms with Gasteiger partial charge in [-0.3, -0.25) is 4.79 Å². The van der Waals surface area contributed by atoms with E-state index in [1.54, 1.807) is 0 Å². The summed E-state index contributed by atoms with van der Waals surface area (Å²) in [6.07, 6.45) is -3.88. The highest BCUT2D eigenvalue weighted by Crippen LogP contribution is 2.28.